The number of rotatable bonds is 10. The van der Waals surface area contributed by atoms with Gasteiger partial charge in [0.05, 0.1) is 0 Å². The van der Waals surface area contributed by atoms with Crippen molar-refractivity contribution in [3.05, 3.63) is 11.9 Å². The summed E-state index contributed by atoms with van der Waals surface area (Å²) in [7, 11) is 0. The quantitative estimate of drug-likeness (QED) is 0.618. The summed E-state index contributed by atoms with van der Waals surface area (Å²) in [5.41, 5.74) is 0. The Morgan fingerprint density at radius 1 is 1.19 bits per heavy atom. The molecule has 0 aliphatic heterocycles. The Morgan fingerprint density at radius 3 is 2.48 bits per heavy atom. The van der Waals surface area contributed by atoms with Crippen LogP contribution in [0.2, 0.25) is 0 Å². The minimum Gasteiger partial charge on any atom is -0.396 e. The Hall–Kier alpha value is -1.36. The van der Waals surface area contributed by atoms with Crippen LogP contribution in [0.25, 0.3) is 0 Å². The van der Waals surface area contributed by atoms with Crippen LogP contribution in [0, 0.1) is 5.92 Å². The highest BCUT2D eigenvalue weighted by atomic mass is 16.3. The van der Waals surface area contributed by atoms with Gasteiger partial charge in [-0.2, -0.15) is 0 Å². The van der Waals surface area contributed by atoms with Crippen molar-refractivity contribution in [3.8, 4) is 0 Å². The standard InChI is InChI=1S/C16H28N4O/c1-3-5-12(8-9-21)11-18-15-10-14(17-4-2)19-16(20-15)13-6-7-13/h10,12-13,21H,3-9,11H2,1-2H3,(H2,17,18,19,20). The number of aliphatic hydroxyl groups excluding tert-OH is 1. The molecule has 0 saturated heterocycles. The average molecular weight is 292 g/mol. The van der Waals surface area contributed by atoms with Crippen molar-refractivity contribution in [2.45, 2.75) is 51.9 Å². The van der Waals surface area contributed by atoms with Crippen molar-refractivity contribution in [1.82, 2.24) is 9.97 Å². The number of hydrogen-bond acceptors (Lipinski definition) is 5. The first-order valence-corrected chi connectivity index (χ1v) is 8.24. The Balaban J connectivity index is 2.00. The average Bonchev–Trinajstić information content (AvgIpc) is 3.30. The van der Waals surface area contributed by atoms with Crippen LogP contribution in [0.5, 0.6) is 0 Å². The number of aromatic nitrogens is 2. The van der Waals surface area contributed by atoms with Gasteiger partial charge in [0.2, 0.25) is 0 Å². The van der Waals surface area contributed by atoms with Crippen LogP contribution >= 0.6 is 0 Å². The van der Waals surface area contributed by atoms with E-state index in [0.717, 1.165) is 49.8 Å². The summed E-state index contributed by atoms with van der Waals surface area (Å²) in [6.45, 7) is 6.24. The van der Waals surface area contributed by atoms with Gasteiger partial charge in [0.25, 0.3) is 0 Å². The van der Waals surface area contributed by atoms with Crippen LogP contribution in [0.15, 0.2) is 6.07 Å². The molecule has 118 valence electrons. The zero-order valence-electron chi connectivity index (χ0n) is 13.2. The Morgan fingerprint density at radius 2 is 1.90 bits per heavy atom. The molecule has 1 atom stereocenters. The lowest BCUT2D eigenvalue weighted by Gasteiger charge is -2.17. The van der Waals surface area contributed by atoms with Gasteiger partial charge < -0.3 is 15.7 Å². The predicted molar refractivity (Wildman–Crippen MR) is 86.8 cm³/mol. The molecule has 0 radical (unpaired) electrons. The fourth-order valence-electron chi connectivity index (χ4n) is 2.54. The smallest absolute Gasteiger partial charge is 0.136 e. The molecule has 1 fully saturated rings. The molecule has 3 N–H and O–H groups in total. The van der Waals surface area contributed by atoms with E-state index in [4.69, 9.17) is 5.11 Å². The van der Waals surface area contributed by atoms with E-state index < -0.39 is 0 Å². The van der Waals surface area contributed by atoms with E-state index in [2.05, 4.69) is 34.4 Å². The van der Waals surface area contributed by atoms with Crippen molar-refractivity contribution < 1.29 is 5.11 Å². The second kappa shape index (κ2) is 8.17. The monoisotopic (exact) mass is 292 g/mol. The highest BCUT2D eigenvalue weighted by Gasteiger charge is 2.27. The van der Waals surface area contributed by atoms with Crippen molar-refractivity contribution in [2.24, 2.45) is 5.92 Å². The third-order valence-corrected chi connectivity index (χ3v) is 3.85. The lowest BCUT2D eigenvalue weighted by atomic mass is 10.0. The maximum absolute atomic E-state index is 9.14. The van der Waals surface area contributed by atoms with Crippen LogP contribution in [0.1, 0.15) is 57.7 Å². The van der Waals surface area contributed by atoms with Crippen molar-refractivity contribution in [1.29, 1.82) is 0 Å². The van der Waals surface area contributed by atoms with Gasteiger partial charge in [0, 0.05) is 31.7 Å². The molecule has 1 unspecified atom stereocenters. The molecule has 5 heteroatoms. The van der Waals surface area contributed by atoms with Gasteiger partial charge in [-0.1, -0.05) is 13.3 Å². The fraction of sp³-hybridized carbons (Fsp3) is 0.750. The molecule has 1 aliphatic carbocycles. The number of nitrogens with zero attached hydrogens (tertiary/aromatic N) is 2. The lowest BCUT2D eigenvalue weighted by molar-refractivity contribution is 0.255. The molecular weight excluding hydrogens is 264 g/mol. The summed E-state index contributed by atoms with van der Waals surface area (Å²) in [6.07, 6.45) is 5.54. The minimum atomic E-state index is 0.256. The second-order valence-corrected chi connectivity index (χ2v) is 5.85. The van der Waals surface area contributed by atoms with E-state index >= 15 is 0 Å². The molecule has 2 rings (SSSR count). The van der Waals surface area contributed by atoms with E-state index in [1.165, 1.54) is 12.8 Å². The molecule has 21 heavy (non-hydrogen) atoms. The topological polar surface area (TPSA) is 70.1 Å². The second-order valence-electron chi connectivity index (χ2n) is 5.85. The summed E-state index contributed by atoms with van der Waals surface area (Å²) < 4.78 is 0. The normalized spacial score (nSPS) is 15.8. The number of aliphatic hydroxyl groups is 1. The lowest BCUT2D eigenvalue weighted by Crippen LogP contribution is -2.17. The number of nitrogens with one attached hydrogen (secondary N) is 2. The van der Waals surface area contributed by atoms with Gasteiger partial charge in [0.15, 0.2) is 0 Å². The molecule has 1 saturated carbocycles. The van der Waals surface area contributed by atoms with E-state index in [9.17, 15) is 0 Å². The van der Waals surface area contributed by atoms with Crippen molar-refractivity contribution in [2.75, 3.05) is 30.3 Å². The van der Waals surface area contributed by atoms with Gasteiger partial charge in [-0.3, -0.25) is 0 Å². The van der Waals surface area contributed by atoms with Gasteiger partial charge in [0.1, 0.15) is 17.5 Å². The molecule has 0 amide bonds. The summed E-state index contributed by atoms with van der Waals surface area (Å²) in [4.78, 5) is 9.23. The van der Waals surface area contributed by atoms with Crippen molar-refractivity contribution in [3.63, 3.8) is 0 Å². The van der Waals surface area contributed by atoms with E-state index in [-0.39, 0.29) is 6.61 Å². The van der Waals surface area contributed by atoms with Gasteiger partial charge in [-0.25, -0.2) is 9.97 Å². The molecule has 1 heterocycles. The number of anilines is 2. The minimum absolute atomic E-state index is 0.256. The molecule has 1 aliphatic rings. The van der Waals surface area contributed by atoms with E-state index in [1.807, 2.05) is 6.07 Å². The van der Waals surface area contributed by atoms with Gasteiger partial charge in [-0.05, 0) is 38.5 Å². The first-order chi connectivity index (χ1) is 10.3. The zero-order valence-corrected chi connectivity index (χ0v) is 13.2. The third-order valence-electron chi connectivity index (χ3n) is 3.85. The van der Waals surface area contributed by atoms with Crippen LogP contribution < -0.4 is 10.6 Å². The first-order valence-electron chi connectivity index (χ1n) is 8.24. The highest BCUT2D eigenvalue weighted by Crippen LogP contribution is 2.38. The fourth-order valence-corrected chi connectivity index (χ4v) is 2.54. The molecule has 0 bridgehead atoms. The summed E-state index contributed by atoms with van der Waals surface area (Å²) >= 11 is 0. The van der Waals surface area contributed by atoms with Crippen LogP contribution in [0.3, 0.4) is 0 Å². The first kappa shape index (κ1) is 16.0. The van der Waals surface area contributed by atoms with Crippen LogP contribution in [-0.2, 0) is 0 Å². The van der Waals surface area contributed by atoms with Crippen molar-refractivity contribution >= 4 is 11.6 Å². The molecule has 0 spiro atoms. The molecule has 0 aromatic carbocycles. The predicted octanol–water partition coefficient (Wildman–Crippen LogP) is 3.00. The molecule has 1 aromatic rings. The molecule has 1 aromatic heterocycles. The maximum Gasteiger partial charge on any atom is 0.136 e. The number of hydrogen-bond donors (Lipinski definition) is 3. The van der Waals surface area contributed by atoms with E-state index in [1.54, 1.807) is 0 Å². The van der Waals surface area contributed by atoms with Crippen LogP contribution in [0.4, 0.5) is 11.6 Å². The van der Waals surface area contributed by atoms with Crippen LogP contribution in [-0.4, -0.2) is 34.8 Å². The highest BCUT2D eigenvalue weighted by molar-refractivity contribution is 5.48. The maximum atomic E-state index is 9.14. The summed E-state index contributed by atoms with van der Waals surface area (Å²) in [5.74, 6) is 3.83. The van der Waals surface area contributed by atoms with Gasteiger partial charge >= 0.3 is 0 Å². The Bertz CT molecular complexity index is 428. The largest absolute Gasteiger partial charge is 0.396 e. The SMILES string of the molecule is CCCC(CCO)CNc1cc(NCC)nc(C2CC2)n1. The van der Waals surface area contributed by atoms with Gasteiger partial charge in [-0.15, -0.1) is 0 Å². The summed E-state index contributed by atoms with van der Waals surface area (Å²) in [6, 6.07) is 1.98. The Kier molecular flexibility index (Phi) is 6.23. The van der Waals surface area contributed by atoms with E-state index in [0.29, 0.717) is 11.8 Å². The summed E-state index contributed by atoms with van der Waals surface area (Å²) in [5, 5.41) is 15.8. The molecular formula is C16H28N4O. The third kappa shape index (κ3) is 5.16. The molecule has 5 nitrogen and oxygen atoms in total. The Labute approximate surface area is 127 Å². The zero-order chi connectivity index (χ0) is 15.1.